The second kappa shape index (κ2) is 7.34. The van der Waals surface area contributed by atoms with Crippen LogP contribution in [0.5, 0.6) is 0 Å². The van der Waals surface area contributed by atoms with Gasteiger partial charge in [-0.25, -0.2) is 0 Å². The number of nitrogens with zero attached hydrogens (tertiary/aromatic N) is 2. The number of hydrogen-bond donors (Lipinski definition) is 1. The van der Waals surface area contributed by atoms with E-state index in [1.807, 2.05) is 12.4 Å². The summed E-state index contributed by atoms with van der Waals surface area (Å²) in [5, 5.41) is 0. The van der Waals surface area contributed by atoms with Gasteiger partial charge in [-0.2, -0.15) is 0 Å². The number of nitrogens with two attached hydrogens (primary N) is 1. The minimum absolute atomic E-state index is 0.454. The largest absolute Gasteiger partial charge is 0.330 e. The summed E-state index contributed by atoms with van der Waals surface area (Å²) >= 11 is 0. The third-order valence-electron chi connectivity index (χ3n) is 3.71. The monoisotopic (exact) mass is 283 g/mol. The van der Waals surface area contributed by atoms with Gasteiger partial charge in [-0.05, 0) is 55.7 Å². The number of aromatic nitrogens is 1. The van der Waals surface area contributed by atoms with Crippen LogP contribution in [0, 0.1) is 0 Å². The highest BCUT2D eigenvalue weighted by atomic mass is 15.0. The highest BCUT2D eigenvalue weighted by Crippen LogP contribution is 2.24. The molecule has 0 bridgehead atoms. The van der Waals surface area contributed by atoms with E-state index in [1.54, 1.807) is 0 Å². The molecule has 2 aromatic rings. The first-order valence-electron chi connectivity index (χ1n) is 7.49. The summed E-state index contributed by atoms with van der Waals surface area (Å²) in [5.74, 6) is 0.454. The van der Waals surface area contributed by atoms with Crippen LogP contribution in [0.3, 0.4) is 0 Å². The Morgan fingerprint density at radius 1 is 1.10 bits per heavy atom. The van der Waals surface area contributed by atoms with Crippen molar-refractivity contribution in [3.05, 3.63) is 53.9 Å². The fourth-order valence-electron chi connectivity index (χ4n) is 2.47. The highest BCUT2D eigenvalue weighted by Gasteiger charge is 2.07. The molecule has 112 valence electrons. The summed E-state index contributed by atoms with van der Waals surface area (Å²) in [6.45, 7) is 3.88. The zero-order chi connectivity index (χ0) is 15.2. The molecule has 0 spiro atoms. The smallest absolute Gasteiger partial charge is 0.0346 e. The topological polar surface area (TPSA) is 42.1 Å². The Morgan fingerprint density at radius 3 is 2.43 bits per heavy atom. The molecular weight excluding hydrogens is 258 g/mol. The molecule has 0 saturated heterocycles. The third kappa shape index (κ3) is 4.38. The zero-order valence-electron chi connectivity index (χ0n) is 13.2. The van der Waals surface area contributed by atoms with Crippen molar-refractivity contribution in [1.82, 2.24) is 9.88 Å². The van der Waals surface area contributed by atoms with Crippen LogP contribution < -0.4 is 5.73 Å². The van der Waals surface area contributed by atoms with E-state index in [-0.39, 0.29) is 0 Å². The molecule has 2 rings (SSSR count). The summed E-state index contributed by atoms with van der Waals surface area (Å²) in [4.78, 5) is 6.56. The lowest BCUT2D eigenvalue weighted by molar-refractivity contribution is 0.402. The van der Waals surface area contributed by atoms with Crippen molar-refractivity contribution in [1.29, 1.82) is 0 Å². The predicted molar refractivity (Wildman–Crippen MR) is 89.2 cm³/mol. The molecule has 0 radical (unpaired) electrons. The van der Waals surface area contributed by atoms with Crippen LogP contribution >= 0.6 is 0 Å². The second-order valence-electron chi connectivity index (χ2n) is 5.92. The van der Waals surface area contributed by atoms with Gasteiger partial charge in [0.2, 0.25) is 0 Å². The lowest BCUT2D eigenvalue weighted by Crippen LogP contribution is -2.10. The van der Waals surface area contributed by atoms with Crippen molar-refractivity contribution in [2.24, 2.45) is 5.73 Å². The van der Waals surface area contributed by atoms with Gasteiger partial charge in [0.05, 0.1) is 0 Å². The fourth-order valence-corrected chi connectivity index (χ4v) is 2.47. The molecule has 2 N–H and O–H groups in total. The van der Waals surface area contributed by atoms with E-state index in [2.05, 4.69) is 61.2 Å². The zero-order valence-corrected chi connectivity index (χ0v) is 13.2. The molecule has 1 heterocycles. The molecule has 0 aliphatic heterocycles. The first-order valence-corrected chi connectivity index (χ1v) is 7.49. The van der Waals surface area contributed by atoms with E-state index < -0.39 is 0 Å². The number of rotatable bonds is 6. The van der Waals surface area contributed by atoms with Crippen LogP contribution in [-0.2, 0) is 6.54 Å². The Hall–Kier alpha value is -1.71. The Labute approximate surface area is 127 Å². The molecule has 1 aromatic heterocycles. The van der Waals surface area contributed by atoms with Crippen molar-refractivity contribution in [2.75, 3.05) is 20.6 Å². The second-order valence-corrected chi connectivity index (χ2v) is 5.92. The lowest BCUT2D eigenvalue weighted by Gasteiger charge is -2.12. The van der Waals surface area contributed by atoms with Crippen LogP contribution in [-0.4, -0.2) is 30.5 Å². The Balaban J connectivity index is 2.19. The molecular formula is C18H25N3. The summed E-state index contributed by atoms with van der Waals surface area (Å²) in [6, 6.07) is 10.9. The van der Waals surface area contributed by atoms with E-state index in [0.717, 1.165) is 13.0 Å². The van der Waals surface area contributed by atoms with E-state index in [9.17, 15) is 0 Å². The van der Waals surface area contributed by atoms with Gasteiger partial charge in [0, 0.05) is 24.5 Å². The summed E-state index contributed by atoms with van der Waals surface area (Å²) < 4.78 is 0. The van der Waals surface area contributed by atoms with Crippen LogP contribution in [0.25, 0.3) is 11.1 Å². The first kappa shape index (κ1) is 15.7. The van der Waals surface area contributed by atoms with E-state index >= 15 is 0 Å². The maximum Gasteiger partial charge on any atom is 0.0346 e. The van der Waals surface area contributed by atoms with Gasteiger partial charge < -0.3 is 10.6 Å². The Bertz CT molecular complexity index is 561. The van der Waals surface area contributed by atoms with Crippen molar-refractivity contribution >= 4 is 0 Å². The molecule has 3 nitrogen and oxygen atoms in total. The quantitative estimate of drug-likeness (QED) is 0.884. The molecule has 0 amide bonds. The minimum Gasteiger partial charge on any atom is -0.330 e. The first-order chi connectivity index (χ1) is 10.1. The lowest BCUT2D eigenvalue weighted by atomic mass is 9.96. The SMILES string of the molecule is CC(CCN)c1cncc(-c2ccc(CN(C)C)cc2)c1. The van der Waals surface area contributed by atoms with Gasteiger partial charge in [0.15, 0.2) is 0 Å². The maximum absolute atomic E-state index is 5.65. The van der Waals surface area contributed by atoms with E-state index in [0.29, 0.717) is 12.5 Å². The molecule has 0 saturated carbocycles. The van der Waals surface area contributed by atoms with Crippen LogP contribution in [0.4, 0.5) is 0 Å². The van der Waals surface area contributed by atoms with Gasteiger partial charge >= 0.3 is 0 Å². The third-order valence-corrected chi connectivity index (χ3v) is 3.71. The minimum atomic E-state index is 0.454. The molecule has 1 unspecified atom stereocenters. The van der Waals surface area contributed by atoms with Gasteiger partial charge in [-0.1, -0.05) is 31.2 Å². The van der Waals surface area contributed by atoms with Crippen LogP contribution in [0.15, 0.2) is 42.7 Å². The van der Waals surface area contributed by atoms with Gasteiger partial charge in [0.1, 0.15) is 0 Å². The predicted octanol–water partition coefficient (Wildman–Crippen LogP) is 3.26. The van der Waals surface area contributed by atoms with Crippen molar-refractivity contribution < 1.29 is 0 Å². The standard InChI is InChI=1S/C18H25N3/c1-14(8-9-19)17-10-18(12-20-11-17)16-6-4-15(5-7-16)13-21(2)3/h4-7,10-12,14H,8-9,13,19H2,1-3H3. The summed E-state index contributed by atoms with van der Waals surface area (Å²) in [6.07, 6.45) is 4.87. The van der Waals surface area contributed by atoms with Gasteiger partial charge in [-0.3, -0.25) is 4.98 Å². The molecule has 0 fully saturated rings. The molecule has 1 aromatic carbocycles. The molecule has 21 heavy (non-hydrogen) atoms. The van der Waals surface area contributed by atoms with E-state index in [1.165, 1.54) is 22.3 Å². The van der Waals surface area contributed by atoms with Crippen molar-refractivity contribution in [2.45, 2.75) is 25.8 Å². The van der Waals surface area contributed by atoms with Gasteiger partial charge in [0.25, 0.3) is 0 Å². The van der Waals surface area contributed by atoms with Gasteiger partial charge in [-0.15, -0.1) is 0 Å². The number of benzene rings is 1. The number of pyridine rings is 1. The van der Waals surface area contributed by atoms with Crippen molar-refractivity contribution in [3.63, 3.8) is 0 Å². The average molecular weight is 283 g/mol. The van der Waals surface area contributed by atoms with E-state index in [4.69, 9.17) is 5.73 Å². The molecule has 3 heteroatoms. The normalized spacial score (nSPS) is 12.6. The number of hydrogen-bond acceptors (Lipinski definition) is 3. The molecule has 0 aliphatic carbocycles. The molecule has 0 aliphatic rings. The van der Waals surface area contributed by atoms with Crippen molar-refractivity contribution in [3.8, 4) is 11.1 Å². The highest BCUT2D eigenvalue weighted by molar-refractivity contribution is 5.63. The molecule has 1 atom stereocenters. The van der Waals surface area contributed by atoms with Crippen LogP contribution in [0.1, 0.15) is 30.4 Å². The van der Waals surface area contributed by atoms with Crippen LogP contribution in [0.2, 0.25) is 0 Å². The Kier molecular flexibility index (Phi) is 5.48. The Morgan fingerprint density at radius 2 is 1.81 bits per heavy atom. The fraction of sp³-hybridized carbons (Fsp3) is 0.389. The summed E-state index contributed by atoms with van der Waals surface area (Å²) in [7, 11) is 4.17. The summed E-state index contributed by atoms with van der Waals surface area (Å²) in [5.41, 5.74) is 10.6. The maximum atomic E-state index is 5.65. The average Bonchev–Trinajstić information content (AvgIpc) is 2.48.